The van der Waals surface area contributed by atoms with E-state index in [0.717, 1.165) is 44.2 Å². The van der Waals surface area contributed by atoms with Gasteiger partial charge in [-0.2, -0.15) is 0 Å². The number of pyridine rings is 2. The molecule has 1 aliphatic rings. The van der Waals surface area contributed by atoms with Gasteiger partial charge in [0.2, 0.25) is 0 Å². The van der Waals surface area contributed by atoms with Crippen LogP contribution in [-0.2, 0) is 17.8 Å². The molecule has 1 saturated heterocycles. The maximum atomic E-state index is 5.16. The molecule has 1 unspecified atom stereocenters. The molecule has 1 fully saturated rings. The van der Waals surface area contributed by atoms with E-state index in [-0.39, 0.29) is 12.4 Å². The Morgan fingerprint density at radius 1 is 1.10 bits per heavy atom. The summed E-state index contributed by atoms with van der Waals surface area (Å²) in [6, 6.07) is 11.0. The molecule has 0 radical (unpaired) electrons. The van der Waals surface area contributed by atoms with Crippen LogP contribution < -0.4 is 10.2 Å². The van der Waals surface area contributed by atoms with Crippen molar-refractivity contribution in [2.45, 2.75) is 38.4 Å². The van der Waals surface area contributed by atoms with Gasteiger partial charge in [-0.25, -0.2) is 4.98 Å². The molecule has 1 aliphatic heterocycles. The number of ether oxygens (including phenoxy) is 1. The van der Waals surface area contributed by atoms with E-state index in [1.165, 1.54) is 24.8 Å². The van der Waals surface area contributed by atoms with Crippen LogP contribution in [0.15, 0.2) is 42.7 Å². The molecular formula is C22H34ClN5O. The number of halogens is 1. The number of rotatable bonds is 9. The summed E-state index contributed by atoms with van der Waals surface area (Å²) in [6.45, 7) is 5.53. The molecule has 0 spiro atoms. The molecule has 1 N–H and O–H groups in total. The number of aromatic nitrogens is 2. The minimum Gasteiger partial charge on any atom is -0.383 e. The van der Waals surface area contributed by atoms with Gasteiger partial charge < -0.3 is 15.0 Å². The lowest BCUT2D eigenvalue weighted by Crippen LogP contribution is -2.35. The molecule has 0 bridgehead atoms. The second-order valence-corrected chi connectivity index (χ2v) is 7.50. The van der Waals surface area contributed by atoms with Crippen LogP contribution in [0.3, 0.4) is 0 Å². The fourth-order valence-corrected chi connectivity index (χ4v) is 3.69. The van der Waals surface area contributed by atoms with Crippen LogP contribution in [0.4, 0.5) is 5.82 Å². The summed E-state index contributed by atoms with van der Waals surface area (Å²) in [5.41, 5.74) is 2.38. The van der Waals surface area contributed by atoms with Gasteiger partial charge >= 0.3 is 0 Å². The van der Waals surface area contributed by atoms with Gasteiger partial charge in [-0.3, -0.25) is 9.88 Å². The molecule has 0 amide bonds. The fraction of sp³-hybridized carbons (Fsp3) is 0.545. The minimum absolute atomic E-state index is 0. The summed E-state index contributed by atoms with van der Waals surface area (Å²) in [5, 5.41) is 3.53. The normalized spacial score (nSPS) is 16.9. The second kappa shape index (κ2) is 12.8. The zero-order chi connectivity index (χ0) is 19.6. The van der Waals surface area contributed by atoms with Crippen molar-refractivity contribution in [2.24, 2.45) is 0 Å². The first-order valence-electron chi connectivity index (χ1n) is 10.3. The number of anilines is 1. The first-order valence-corrected chi connectivity index (χ1v) is 10.3. The third-order valence-corrected chi connectivity index (χ3v) is 5.37. The molecule has 6 nitrogen and oxygen atoms in total. The fourth-order valence-electron chi connectivity index (χ4n) is 3.69. The molecule has 2 aromatic heterocycles. The van der Waals surface area contributed by atoms with Gasteiger partial charge in [-0.1, -0.05) is 12.1 Å². The van der Waals surface area contributed by atoms with E-state index in [1.807, 2.05) is 25.5 Å². The molecule has 160 valence electrons. The van der Waals surface area contributed by atoms with Crippen LogP contribution in [0, 0.1) is 0 Å². The predicted molar refractivity (Wildman–Crippen MR) is 121 cm³/mol. The Bertz CT molecular complexity index is 677. The molecule has 0 saturated carbocycles. The second-order valence-electron chi connectivity index (χ2n) is 7.50. The van der Waals surface area contributed by atoms with E-state index in [9.17, 15) is 0 Å². The number of likely N-dealkylation sites (N-methyl/N-ethyl adjacent to an activating group) is 1. The molecule has 0 aromatic carbocycles. The molecular weight excluding hydrogens is 386 g/mol. The van der Waals surface area contributed by atoms with Crippen molar-refractivity contribution in [1.29, 1.82) is 0 Å². The van der Waals surface area contributed by atoms with Crippen LogP contribution in [-0.4, -0.2) is 61.3 Å². The summed E-state index contributed by atoms with van der Waals surface area (Å²) in [4.78, 5) is 13.9. The largest absolute Gasteiger partial charge is 0.383 e. The van der Waals surface area contributed by atoms with Gasteiger partial charge in [-0.05, 0) is 56.1 Å². The van der Waals surface area contributed by atoms with Crippen LogP contribution in [0.5, 0.6) is 0 Å². The monoisotopic (exact) mass is 419 g/mol. The van der Waals surface area contributed by atoms with Gasteiger partial charge in [0, 0.05) is 52.2 Å². The summed E-state index contributed by atoms with van der Waals surface area (Å²) in [5.74, 6) is 0.982. The highest BCUT2D eigenvalue weighted by molar-refractivity contribution is 5.85. The lowest BCUT2D eigenvalue weighted by molar-refractivity contribution is 0.162. The lowest BCUT2D eigenvalue weighted by Gasteiger charge is -2.31. The first-order chi connectivity index (χ1) is 13.8. The zero-order valence-corrected chi connectivity index (χ0v) is 18.4. The SMILES string of the molecule is COCCN(C)c1ccc(CN(Cc2ccccn2)C2CCCNCC2)cn1.Cl. The van der Waals surface area contributed by atoms with E-state index in [1.54, 1.807) is 7.11 Å². The molecule has 3 heterocycles. The molecule has 3 rings (SSSR count). The third kappa shape index (κ3) is 7.55. The Labute approximate surface area is 181 Å². The van der Waals surface area contributed by atoms with Gasteiger partial charge in [0.1, 0.15) is 5.82 Å². The van der Waals surface area contributed by atoms with Crippen molar-refractivity contribution >= 4 is 18.2 Å². The number of nitrogens with one attached hydrogen (secondary N) is 1. The van der Waals surface area contributed by atoms with E-state index in [2.05, 4.69) is 49.4 Å². The Hall–Kier alpha value is -1.73. The predicted octanol–water partition coefficient (Wildman–Crippen LogP) is 3.13. The standard InChI is InChI=1S/C22H33N5O.ClH/c1-26(14-15-28-2)22-9-8-19(16-25-22)17-27(18-20-6-3-4-12-24-20)21-7-5-11-23-13-10-21;/h3-4,6,8-9,12,16,21,23H,5,7,10-11,13-15,17-18H2,1-2H3;1H. The number of nitrogens with zero attached hydrogens (tertiary/aromatic N) is 4. The lowest BCUT2D eigenvalue weighted by atomic mass is 10.1. The van der Waals surface area contributed by atoms with Crippen LogP contribution in [0.1, 0.15) is 30.5 Å². The van der Waals surface area contributed by atoms with Crippen molar-refractivity contribution in [3.8, 4) is 0 Å². The molecule has 1 atom stereocenters. The summed E-state index contributed by atoms with van der Waals surface area (Å²) in [6.07, 6.45) is 7.53. The number of hydrogen-bond donors (Lipinski definition) is 1. The van der Waals surface area contributed by atoms with Crippen molar-refractivity contribution in [1.82, 2.24) is 20.2 Å². The molecule has 29 heavy (non-hydrogen) atoms. The highest BCUT2D eigenvalue weighted by Gasteiger charge is 2.21. The van der Waals surface area contributed by atoms with Crippen LogP contribution in [0.2, 0.25) is 0 Å². The Morgan fingerprint density at radius 2 is 2.00 bits per heavy atom. The quantitative estimate of drug-likeness (QED) is 0.674. The van der Waals surface area contributed by atoms with Crippen molar-refractivity contribution in [3.05, 3.63) is 54.0 Å². The van der Waals surface area contributed by atoms with E-state index in [0.29, 0.717) is 12.6 Å². The van der Waals surface area contributed by atoms with Gasteiger partial charge in [0.25, 0.3) is 0 Å². The Balaban J connectivity index is 0.00000300. The molecule has 0 aliphatic carbocycles. The minimum atomic E-state index is 0. The number of hydrogen-bond acceptors (Lipinski definition) is 6. The third-order valence-electron chi connectivity index (χ3n) is 5.37. The van der Waals surface area contributed by atoms with Crippen LogP contribution in [0.25, 0.3) is 0 Å². The van der Waals surface area contributed by atoms with Gasteiger partial charge in [0.15, 0.2) is 0 Å². The highest BCUT2D eigenvalue weighted by atomic mass is 35.5. The number of methoxy groups -OCH3 is 1. The van der Waals surface area contributed by atoms with Crippen molar-refractivity contribution in [2.75, 3.05) is 45.3 Å². The zero-order valence-electron chi connectivity index (χ0n) is 17.6. The summed E-state index contributed by atoms with van der Waals surface area (Å²) < 4.78 is 5.16. The first kappa shape index (κ1) is 23.5. The smallest absolute Gasteiger partial charge is 0.128 e. The average molecular weight is 420 g/mol. The molecule has 2 aromatic rings. The maximum absolute atomic E-state index is 5.16. The average Bonchev–Trinajstić information content (AvgIpc) is 3.02. The van der Waals surface area contributed by atoms with Crippen molar-refractivity contribution in [3.63, 3.8) is 0 Å². The summed E-state index contributed by atoms with van der Waals surface area (Å²) in [7, 11) is 3.77. The Morgan fingerprint density at radius 3 is 2.72 bits per heavy atom. The molecule has 7 heteroatoms. The van der Waals surface area contributed by atoms with Crippen molar-refractivity contribution < 1.29 is 4.74 Å². The highest BCUT2D eigenvalue weighted by Crippen LogP contribution is 2.20. The van der Waals surface area contributed by atoms with Gasteiger partial charge in [0.05, 0.1) is 12.3 Å². The van der Waals surface area contributed by atoms with E-state index >= 15 is 0 Å². The summed E-state index contributed by atoms with van der Waals surface area (Å²) >= 11 is 0. The van der Waals surface area contributed by atoms with E-state index < -0.39 is 0 Å². The Kier molecular flexibility index (Phi) is 10.4. The van der Waals surface area contributed by atoms with Crippen LogP contribution >= 0.6 is 12.4 Å². The maximum Gasteiger partial charge on any atom is 0.128 e. The topological polar surface area (TPSA) is 53.5 Å². The van der Waals surface area contributed by atoms with E-state index in [4.69, 9.17) is 4.74 Å². The van der Waals surface area contributed by atoms with Gasteiger partial charge in [-0.15, -0.1) is 12.4 Å².